The molecule has 0 aliphatic carbocycles. The van der Waals surface area contributed by atoms with Crippen LogP contribution in [0.15, 0.2) is 30.9 Å². The topological polar surface area (TPSA) is 96.4 Å². The molecule has 5 atom stereocenters. The minimum atomic E-state index is -1.10. The second-order valence-electron chi connectivity index (χ2n) is 10.5. The third kappa shape index (κ3) is 4.18. The Balaban J connectivity index is 1.83. The maximum Gasteiger partial charge on any atom is 0.312 e. The number of ether oxygens (including phenoxy) is 2. The Morgan fingerprint density at radius 2 is 1.95 bits per heavy atom. The summed E-state index contributed by atoms with van der Waals surface area (Å²) in [5.74, 6) is -2.40. The quantitative estimate of drug-likeness (QED) is 0.278. The molecule has 0 saturated carbocycles. The number of carbonyl (C=O) groups is 3. The Morgan fingerprint density at radius 3 is 2.54 bits per heavy atom. The van der Waals surface area contributed by atoms with Gasteiger partial charge in [-0.2, -0.15) is 0 Å². The molecule has 3 aliphatic heterocycles. The Labute approximate surface area is 219 Å². The van der Waals surface area contributed by atoms with Gasteiger partial charge in [0.05, 0.1) is 18.1 Å². The lowest BCUT2D eigenvalue weighted by Crippen LogP contribution is -2.56. The van der Waals surface area contributed by atoms with E-state index < -0.39 is 35.0 Å². The molecule has 2 amide bonds. The zero-order valence-corrected chi connectivity index (χ0v) is 22.5. The number of unbranched alkanes of at least 4 members (excludes halogenated alkanes) is 1. The summed E-state index contributed by atoms with van der Waals surface area (Å²) in [7, 11) is 0. The molecule has 8 heteroatoms. The number of aryl methyl sites for hydroxylation is 2. The van der Waals surface area contributed by atoms with Crippen LogP contribution in [0.1, 0.15) is 57.1 Å². The summed E-state index contributed by atoms with van der Waals surface area (Å²) < 4.78 is 12.2. The van der Waals surface area contributed by atoms with E-state index in [0.717, 1.165) is 16.8 Å². The van der Waals surface area contributed by atoms with Gasteiger partial charge in [0.1, 0.15) is 17.6 Å². The van der Waals surface area contributed by atoms with Crippen LogP contribution >= 0.6 is 0 Å². The van der Waals surface area contributed by atoms with E-state index >= 15 is 0 Å². The zero-order chi connectivity index (χ0) is 27.0. The summed E-state index contributed by atoms with van der Waals surface area (Å²) in [4.78, 5) is 45.3. The Kier molecular flexibility index (Phi) is 7.81. The average Bonchev–Trinajstić information content (AvgIpc) is 3.47. The van der Waals surface area contributed by atoms with Gasteiger partial charge in [-0.15, -0.1) is 6.58 Å². The first-order valence-corrected chi connectivity index (χ1v) is 13.5. The number of fused-ring (bicyclic) bond motifs is 1. The molecule has 4 rings (SSSR count). The molecule has 1 aromatic rings. The fourth-order valence-corrected chi connectivity index (χ4v) is 7.02. The molecule has 0 aromatic heterocycles. The number of para-hydroxylation sites is 1. The smallest absolute Gasteiger partial charge is 0.312 e. The largest absolute Gasteiger partial charge is 0.466 e. The molecule has 8 nitrogen and oxygen atoms in total. The predicted molar refractivity (Wildman–Crippen MR) is 140 cm³/mol. The lowest BCUT2D eigenvalue weighted by molar-refractivity contribution is -0.160. The monoisotopic (exact) mass is 512 g/mol. The van der Waals surface area contributed by atoms with Gasteiger partial charge in [0.15, 0.2) is 0 Å². The molecule has 1 spiro atoms. The fraction of sp³-hybridized carbons (Fsp3) is 0.621. The highest BCUT2D eigenvalue weighted by atomic mass is 16.6. The summed E-state index contributed by atoms with van der Waals surface area (Å²) in [5.41, 5.74) is 0.786. The van der Waals surface area contributed by atoms with Crippen molar-refractivity contribution >= 4 is 23.5 Å². The van der Waals surface area contributed by atoms with Crippen molar-refractivity contribution in [3.8, 4) is 0 Å². The van der Waals surface area contributed by atoms with Gasteiger partial charge in [-0.25, -0.2) is 0 Å². The Morgan fingerprint density at radius 1 is 1.24 bits per heavy atom. The molecule has 2 unspecified atom stereocenters. The molecule has 1 N–H and O–H groups in total. The number of esters is 1. The predicted octanol–water partition coefficient (Wildman–Crippen LogP) is 3.31. The molecule has 3 heterocycles. The number of hydrogen-bond donors (Lipinski definition) is 1. The lowest BCUT2D eigenvalue weighted by atomic mass is 9.65. The van der Waals surface area contributed by atoms with Gasteiger partial charge < -0.3 is 24.4 Å². The SMILES string of the molecule is C=CCN(C(=O)C1N(CCCCO)C(=O)[C@@H]2[C@H](C(=O)OCC)[C@]3(CC)CCC12O3)c1c(C)cccc1C. The highest BCUT2D eigenvalue weighted by Crippen LogP contribution is 2.64. The van der Waals surface area contributed by atoms with Crippen LogP contribution in [-0.2, 0) is 23.9 Å². The van der Waals surface area contributed by atoms with Gasteiger partial charge in [-0.3, -0.25) is 14.4 Å². The van der Waals surface area contributed by atoms with Gasteiger partial charge in [-0.05, 0) is 64.0 Å². The highest BCUT2D eigenvalue weighted by Gasteiger charge is 2.79. The normalized spacial score (nSPS) is 29.9. The minimum absolute atomic E-state index is 0.00110. The molecular weight excluding hydrogens is 472 g/mol. The van der Waals surface area contributed by atoms with Crippen molar-refractivity contribution in [1.29, 1.82) is 0 Å². The number of carbonyl (C=O) groups excluding carboxylic acids is 3. The third-order valence-corrected chi connectivity index (χ3v) is 8.55. The second kappa shape index (κ2) is 10.6. The number of amides is 2. The minimum Gasteiger partial charge on any atom is -0.466 e. The van der Waals surface area contributed by atoms with E-state index in [2.05, 4.69) is 6.58 Å². The first-order valence-electron chi connectivity index (χ1n) is 13.5. The number of rotatable bonds is 11. The maximum absolute atomic E-state index is 14.6. The number of likely N-dealkylation sites (tertiary alicyclic amines) is 1. The van der Waals surface area contributed by atoms with Crippen molar-refractivity contribution in [2.24, 2.45) is 11.8 Å². The van der Waals surface area contributed by atoms with Gasteiger partial charge in [-0.1, -0.05) is 31.2 Å². The standard InChI is InChI=1S/C29H40N2O6/c1-6-16-30(23-19(4)12-11-13-20(23)5)26(34)24-29-15-14-28(7-2,37-29)22(27(35)36-8-3)21(29)25(33)31(24)17-9-10-18-32/h6,11-13,21-22,24,32H,1,7-10,14-18H2,2-5H3/t21-,22+,24?,28-,29?/m0/s1. The second-order valence-corrected chi connectivity index (χ2v) is 10.5. The number of nitrogens with zero attached hydrogens (tertiary/aromatic N) is 2. The van der Waals surface area contributed by atoms with Gasteiger partial charge in [0.2, 0.25) is 5.91 Å². The van der Waals surface area contributed by atoms with Crippen molar-refractivity contribution in [1.82, 2.24) is 4.90 Å². The first kappa shape index (κ1) is 27.3. The third-order valence-electron chi connectivity index (χ3n) is 8.55. The molecule has 3 fully saturated rings. The van der Waals surface area contributed by atoms with Crippen LogP contribution in [-0.4, -0.2) is 71.3 Å². The van der Waals surface area contributed by atoms with Crippen LogP contribution < -0.4 is 4.90 Å². The fourth-order valence-electron chi connectivity index (χ4n) is 7.02. The number of benzene rings is 1. The van der Waals surface area contributed by atoms with Gasteiger partial charge >= 0.3 is 5.97 Å². The Hall–Kier alpha value is -2.71. The van der Waals surface area contributed by atoms with Crippen LogP contribution in [0.5, 0.6) is 0 Å². The highest BCUT2D eigenvalue weighted by molar-refractivity contribution is 6.05. The summed E-state index contributed by atoms with van der Waals surface area (Å²) in [5, 5.41) is 9.38. The maximum atomic E-state index is 14.6. The molecule has 37 heavy (non-hydrogen) atoms. The van der Waals surface area contributed by atoms with E-state index in [0.29, 0.717) is 38.6 Å². The van der Waals surface area contributed by atoms with Crippen LogP contribution in [0, 0.1) is 25.7 Å². The Bertz CT molecular complexity index is 1050. The van der Waals surface area contributed by atoms with Crippen molar-refractivity contribution in [2.75, 3.05) is 31.2 Å². The van der Waals surface area contributed by atoms with Crippen molar-refractivity contribution in [3.05, 3.63) is 42.0 Å². The first-order chi connectivity index (χ1) is 17.7. The number of hydrogen-bond acceptors (Lipinski definition) is 6. The van der Waals surface area contributed by atoms with E-state index in [-0.39, 0.29) is 31.6 Å². The molecule has 3 aliphatic rings. The summed E-state index contributed by atoms with van der Waals surface area (Å²) in [6.45, 7) is 12.3. The summed E-state index contributed by atoms with van der Waals surface area (Å²) in [6.07, 6.45) is 4.42. The zero-order valence-electron chi connectivity index (χ0n) is 22.5. The molecular formula is C29H40N2O6. The van der Waals surface area contributed by atoms with Crippen LogP contribution in [0.3, 0.4) is 0 Å². The lowest BCUT2D eigenvalue weighted by Gasteiger charge is -2.37. The van der Waals surface area contributed by atoms with Crippen molar-refractivity contribution < 1.29 is 29.0 Å². The van der Waals surface area contributed by atoms with Gasteiger partial charge in [0.25, 0.3) is 5.91 Å². The molecule has 0 radical (unpaired) electrons. The van der Waals surface area contributed by atoms with Crippen molar-refractivity contribution in [3.63, 3.8) is 0 Å². The molecule has 1 aromatic carbocycles. The van der Waals surface area contributed by atoms with E-state index in [1.807, 2.05) is 39.0 Å². The van der Waals surface area contributed by atoms with Crippen LogP contribution in [0.4, 0.5) is 5.69 Å². The molecule has 3 saturated heterocycles. The number of aliphatic hydroxyl groups excluding tert-OH is 1. The van der Waals surface area contributed by atoms with Crippen LogP contribution in [0.2, 0.25) is 0 Å². The molecule has 202 valence electrons. The summed E-state index contributed by atoms with van der Waals surface area (Å²) in [6, 6.07) is 5.00. The number of anilines is 1. The van der Waals surface area contributed by atoms with Crippen molar-refractivity contribution in [2.45, 2.75) is 77.0 Å². The number of aliphatic hydroxyl groups is 1. The van der Waals surface area contributed by atoms with Crippen LogP contribution in [0.25, 0.3) is 0 Å². The summed E-state index contributed by atoms with van der Waals surface area (Å²) >= 11 is 0. The average molecular weight is 513 g/mol. The van der Waals surface area contributed by atoms with Gasteiger partial charge in [0, 0.05) is 25.4 Å². The van der Waals surface area contributed by atoms with E-state index in [1.165, 1.54) is 0 Å². The van der Waals surface area contributed by atoms with E-state index in [4.69, 9.17) is 9.47 Å². The van der Waals surface area contributed by atoms with E-state index in [9.17, 15) is 19.5 Å². The van der Waals surface area contributed by atoms with E-state index in [1.54, 1.807) is 22.8 Å². The molecule has 2 bridgehead atoms.